The van der Waals surface area contributed by atoms with Crippen molar-refractivity contribution in [1.29, 1.82) is 0 Å². The lowest BCUT2D eigenvalue weighted by atomic mass is 9.94. The van der Waals surface area contributed by atoms with Crippen LogP contribution in [0.15, 0.2) is 182 Å². The van der Waals surface area contributed by atoms with Crippen molar-refractivity contribution in [1.82, 2.24) is 19.9 Å². The first kappa shape index (κ1) is 33.1. The monoisotopic (exact) mass is 774 g/mol. The van der Waals surface area contributed by atoms with Crippen LogP contribution < -0.4 is 0 Å². The lowest BCUT2D eigenvalue weighted by Gasteiger charge is -2.13. The molecule has 12 rings (SSSR count). The Kier molecular flexibility index (Phi) is 7.55. The smallest absolute Gasteiger partial charge is 0.164 e. The second-order valence-corrected chi connectivity index (χ2v) is 16.7. The number of fused-ring (bicyclic) bond motifs is 10. The predicted octanol–water partition coefficient (Wildman–Crippen LogP) is 14.6. The fourth-order valence-electron chi connectivity index (χ4n) is 8.42. The van der Waals surface area contributed by atoms with Gasteiger partial charge in [-0.05, 0) is 41.5 Å². The molecule has 0 atom stereocenters. The van der Waals surface area contributed by atoms with Crippen LogP contribution in [0.5, 0.6) is 0 Å². The van der Waals surface area contributed by atoms with Gasteiger partial charge < -0.3 is 0 Å². The lowest BCUT2D eigenvalue weighted by Crippen LogP contribution is -2.00. The van der Waals surface area contributed by atoms with E-state index in [4.69, 9.17) is 19.9 Å². The van der Waals surface area contributed by atoms with Crippen molar-refractivity contribution in [2.45, 2.75) is 0 Å². The molecule has 12 aromatic rings. The van der Waals surface area contributed by atoms with Crippen LogP contribution in [0, 0.1) is 0 Å². The third kappa shape index (κ3) is 5.34. The van der Waals surface area contributed by atoms with Crippen LogP contribution in [-0.2, 0) is 0 Å². The first-order valence-electron chi connectivity index (χ1n) is 19.3. The van der Waals surface area contributed by atoms with Gasteiger partial charge in [0.2, 0.25) is 0 Å². The van der Waals surface area contributed by atoms with Gasteiger partial charge in [0, 0.05) is 78.8 Å². The number of hydrogen-bond acceptors (Lipinski definition) is 6. The summed E-state index contributed by atoms with van der Waals surface area (Å²) < 4.78 is 5.05. The van der Waals surface area contributed by atoms with Gasteiger partial charge in [-0.25, -0.2) is 19.9 Å². The Labute approximate surface area is 341 Å². The van der Waals surface area contributed by atoms with Gasteiger partial charge in [-0.1, -0.05) is 152 Å². The van der Waals surface area contributed by atoms with Crippen LogP contribution in [0.2, 0.25) is 0 Å². The predicted molar refractivity (Wildman–Crippen MR) is 246 cm³/mol. The van der Waals surface area contributed by atoms with E-state index in [2.05, 4.69) is 164 Å². The minimum Gasteiger partial charge on any atom is -0.247 e. The maximum atomic E-state index is 5.39. The molecule has 0 aliphatic carbocycles. The molecule has 0 aliphatic heterocycles. The van der Waals surface area contributed by atoms with E-state index < -0.39 is 0 Å². The zero-order valence-corrected chi connectivity index (χ0v) is 32.6. The van der Waals surface area contributed by atoms with Crippen LogP contribution in [0.1, 0.15) is 0 Å². The minimum absolute atomic E-state index is 0.637. The van der Waals surface area contributed by atoms with E-state index in [0.29, 0.717) is 17.5 Å². The van der Waals surface area contributed by atoms with E-state index in [1.54, 1.807) is 11.3 Å². The summed E-state index contributed by atoms with van der Waals surface area (Å²) in [4.78, 5) is 20.7. The summed E-state index contributed by atoms with van der Waals surface area (Å²) in [6.07, 6.45) is 0. The molecule has 8 aromatic carbocycles. The Bertz CT molecular complexity index is 3560. The molecule has 0 N–H and O–H groups in total. The molecule has 0 amide bonds. The molecule has 0 unspecified atom stereocenters. The highest BCUT2D eigenvalue weighted by molar-refractivity contribution is 7.26. The lowest BCUT2D eigenvalue weighted by molar-refractivity contribution is 1.08. The minimum atomic E-state index is 0.637. The fourth-order valence-corrected chi connectivity index (χ4v) is 10.7. The van der Waals surface area contributed by atoms with E-state index in [-0.39, 0.29) is 0 Å². The molecule has 4 nitrogen and oxygen atoms in total. The third-order valence-electron chi connectivity index (χ3n) is 11.1. The molecule has 0 fully saturated rings. The van der Waals surface area contributed by atoms with E-state index in [1.165, 1.54) is 51.1 Å². The molecule has 0 aliphatic rings. The van der Waals surface area contributed by atoms with Gasteiger partial charge >= 0.3 is 0 Å². The normalized spacial score (nSPS) is 11.8. The number of aromatic nitrogens is 4. The molecule has 58 heavy (non-hydrogen) atoms. The Balaban J connectivity index is 1.00. The summed E-state index contributed by atoms with van der Waals surface area (Å²) >= 11 is 3.65. The van der Waals surface area contributed by atoms with E-state index >= 15 is 0 Å². The van der Waals surface area contributed by atoms with Gasteiger partial charge in [-0.15, -0.1) is 22.7 Å². The quantitative estimate of drug-likeness (QED) is 0.163. The van der Waals surface area contributed by atoms with Crippen molar-refractivity contribution in [3.63, 3.8) is 0 Å². The molecule has 0 saturated carbocycles. The molecule has 0 radical (unpaired) electrons. The second-order valence-electron chi connectivity index (χ2n) is 14.5. The van der Waals surface area contributed by atoms with Gasteiger partial charge in [-0.3, -0.25) is 0 Å². The highest BCUT2D eigenvalue weighted by Crippen LogP contribution is 2.44. The Morgan fingerprint density at radius 3 is 1.55 bits per heavy atom. The topological polar surface area (TPSA) is 51.6 Å². The third-order valence-corrected chi connectivity index (χ3v) is 13.4. The number of thiophene rings is 2. The second kappa shape index (κ2) is 13.2. The summed E-state index contributed by atoms with van der Waals surface area (Å²) in [5, 5.41) is 8.56. The van der Waals surface area contributed by atoms with Crippen molar-refractivity contribution in [3.8, 4) is 56.5 Å². The Morgan fingerprint density at radius 1 is 0.293 bits per heavy atom. The summed E-state index contributed by atoms with van der Waals surface area (Å²) in [6, 6.07) is 64.3. The molecular weight excluding hydrogens is 745 g/mol. The van der Waals surface area contributed by atoms with Crippen molar-refractivity contribution in [2.24, 2.45) is 0 Å². The van der Waals surface area contributed by atoms with E-state index in [0.717, 1.165) is 50.0 Å². The van der Waals surface area contributed by atoms with Crippen LogP contribution in [0.25, 0.3) is 119 Å². The van der Waals surface area contributed by atoms with E-state index in [9.17, 15) is 0 Å². The van der Waals surface area contributed by atoms with Crippen molar-refractivity contribution in [3.05, 3.63) is 182 Å². The largest absolute Gasteiger partial charge is 0.247 e. The number of benzene rings is 8. The zero-order valence-electron chi connectivity index (χ0n) is 30.9. The van der Waals surface area contributed by atoms with Crippen molar-refractivity contribution < 1.29 is 0 Å². The van der Waals surface area contributed by atoms with Crippen LogP contribution >= 0.6 is 22.7 Å². The summed E-state index contributed by atoms with van der Waals surface area (Å²) in [6.45, 7) is 0. The highest BCUT2D eigenvalue weighted by Gasteiger charge is 2.19. The Morgan fingerprint density at radius 2 is 0.828 bits per heavy atom. The maximum absolute atomic E-state index is 5.39. The van der Waals surface area contributed by atoms with Gasteiger partial charge in [0.05, 0.1) is 11.2 Å². The van der Waals surface area contributed by atoms with Crippen LogP contribution in [0.3, 0.4) is 0 Å². The molecule has 0 bridgehead atoms. The molecular formula is C52H30N4S2. The molecule has 0 saturated heterocycles. The average molecular weight is 775 g/mol. The van der Waals surface area contributed by atoms with Crippen molar-refractivity contribution >= 4 is 84.7 Å². The number of rotatable bonds is 5. The van der Waals surface area contributed by atoms with Crippen LogP contribution in [-0.4, -0.2) is 19.9 Å². The Hall–Kier alpha value is -7.12. The fraction of sp³-hybridized carbons (Fsp3) is 0. The highest BCUT2D eigenvalue weighted by atomic mass is 32.1. The van der Waals surface area contributed by atoms with Gasteiger partial charge in [0.25, 0.3) is 0 Å². The molecule has 4 aromatic heterocycles. The number of nitrogens with zero attached hydrogens (tertiary/aromatic N) is 4. The number of hydrogen-bond donors (Lipinski definition) is 0. The van der Waals surface area contributed by atoms with E-state index in [1.807, 2.05) is 29.5 Å². The van der Waals surface area contributed by atoms with Crippen LogP contribution in [0.4, 0.5) is 0 Å². The maximum Gasteiger partial charge on any atom is 0.164 e. The number of pyridine rings is 1. The standard InChI is InChI=1S/C52H30N4S2/c1-3-12-32(13-4-1)49-39-28-29-45-48(38-17-8-10-20-43(38)58-45)47(39)36-27-26-35(30-41(36)53-49)31-22-24-34(25-23-31)51-54-50(33-14-5-2-6-15-33)55-52(56-51)40-18-11-21-44-46(40)37-16-7-9-19-42(37)57-44/h1-30H. The summed E-state index contributed by atoms with van der Waals surface area (Å²) in [5.41, 5.74) is 8.16. The molecule has 0 spiro atoms. The van der Waals surface area contributed by atoms with Gasteiger partial charge in [-0.2, -0.15) is 0 Å². The SMILES string of the molecule is c1ccc(-c2nc(-c3ccc(-c4ccc5c(c4)nc(-c4ccccc4)c4ccc6sc7ccccc7c6c45)cc3)nc(-c3cccc4sc5ccccc5c34)n2)cc1. The summed E-state index contributed by atoms with van der Waals surface area (Å²) in [5.74, 6) is 1.95. The first-order valence-corrected chi connectivity index (χ1v) is 20.9. The first-order chi connectivity index (χ1) is 28.7. The molecule has 4 heterocycles. The summed E-state index contributed by atoms with van der Waals surface area (Å²) in [7, 11) is 0. The van der Waals surface area contributed by atoms with Crippen molar-refractivity contribution in [2.75, 3.05) is 0 Å². The molecule has 270 valence electrons. The van der Waals surface area contributed by atoms with Gasteiger partial charge in [0.15, 0.2) is 17.5 Å². The zero-order chi connectivity index (χ0) is 38.2. The van der Waals surface area contributed by atoms with Gasteiger partial charge in [0.1, 0.15) is 0 Å². The average Bonchev–Trinajstić information content (AvgIpc) is 3.88. The molecule has 6 heteroatoms.